The van der Waals surface area contributed by atoms with Gasteiger partial charge in [-0.05, 0) is 49.3 Å². The number of esters is 1. The predicted molar refractivity (Wildman–Crippen MR) is 104 cm³/mol. The van der Waals surface area contributed by atoms with Crippen molar-refractivity contribution >= 4 is 33.5 Å². The van der Waals surface area contributed by atoms with E-state index in [1.165, 1.54) is 0 Å². The molecule has 0 aliphatic carbocycles. The second kappa shape index (κ2) is 9.37. The monoisotopic (exact) mass is 409 g/mol. The van der Waals surface area contributed by atoms with Gasteiger partial charge in [0.1, 0.15) is 6.61 Å². The summed E-state index contributed by atoms with van der Waals surface area (Å²) in [6.07, 6.45) is 3.42. The summed E-state index contributed by atoms with van der Waals surface area (Å²) < 4.78 is 5.39. The van der Waals surface area contributed by atoms with Crippen LogP contribution in [0.15, 0.2) is 18.2 Å². The van der Waals surface area contributed by atoms with Crippen LogP contribution >= 0.6 is 15.9 Å². The van der Waals surface area contributed by atoms with Crippen molar-refractivity contribution in [3.63, 3.8) is 0 Å². The van der Waals surface area contributed by atoms with E-state index in [0.717, 1.165) is 48.0 Å². The van der Waals surface area contributed by atoms with Crippen LogP contribution in [0.25, 0.3) is 0 Å². The van der Waals surface area contributed by atoms with Crippen molar-refractivity contribution < 1.29 is 14.3 Å². The van der Waals surface area contributed by atoms with Gasteiger partial charge in [-0.2, -0.15) is 0 Å². The maximum Gasteiger partial charge on any atom is 0.306 e. The highest BCUT2D eigenvalue weighted by atomic mass is 79.9. The van der Waals surface area contributed by atoms with Crippen LogP contribution in [0.2, 0.25) is 0 Å². The topological polar surface area (TPSA) is 46.6 Å². The zero-order valence-corrected chi connectivity index (χ0v) is 17.0. The maximum absolute atomic E-state index is 12.4. The van der Waals surface area contributed by atoms with E-state index in [9.17, 15) is 9.59 Å². The summed E-state index contributed by atoms with van der Waals surface area (Å²) in [7, 11) is 0. The summed E-state index contributed by atoms with van der Waals surface area (Å²) in [5, 5.41) is 0.899. The molecule has 4 nitrogen and oxygen atoms in total. The Balaban J connectivity index is 1.95. The quantitative estimate of drug-likeness (QED) is 0.487. The molecule has 0 bridgehead atoms. The Kier molecular flexibility index (Phi) is 7.48. The molecule has 1 aliphatic heterocycles. The highest BCUT2D eigenvalue weighted by Crippen LogP contribution is 2.28. The number of amides is 1. The standard InChI is InChI=1S/C20H28BrNO3/c1-14(8-9-21)11-19(23)25-13-17-6-7-18(16(3)12-17)22-10-4-5-15(2)20(22)24/h6-7,12,14-15H,4-5,8-11,13H2,1-3H3. The van der Waals surface area contributed by atoms with Crippen LogP contribution in [0.4, 0.5) is 5.69 Å². The summed E-state index contributed by atoms with van der Waals surface area (Å²) in [4.78, 5) is 26.2. The number of nitrogens with zero attached hydrogens (tertiary/aromatic N) is 1. The third-order valence-electron chi connectivity index (χ3n) is 4.78. The van der Waals surface area contributed by atoms with Crippen molar-refractivity contribution in [1.82, 2.24) is 0 Å². The number of alkyl halides is 1. The number of aryl methyl sites for hydroxylation is 1. The molecule has 0 aromatic heterocycles. The summed E-state index contributed by atoms with van der Waals surface area (Å²) in [6.45, 7) is 7.12. The number of rotatable bonds is 7. The number of carbonyl (C=O) groups excluding carboxylic acids is 2. The molecule has 5 heteroatoms. The molecule has 138 valence electrons. The number of anilines is 1. The van der Waals surface area contributed by atoms with Gasteiger partial charge in [0.2, 0.25) is 5.91 Å². The highest BCUT2D eigenvalue weighted by Gasteiger charge is 2.27. The number of ether oxygens (including phenoxy) is 1. The number of halogens is 1. The molecule has 1 fully saturated rings. The molecule has 2 atom stereocenters. The van der Waals surface area contributed by atoms with Crippen molar-refractivity contribution in [3.8, 4) is 0 Å². The molecule has 0 N–H and O–H groups in total. The van der Waals surface area contributed by atoms with Gasteiger partial charge >= 0.3 is 5.97 Å². The average Bonchev–Trinajstić information content (AvgIpc) is 2.56. The minimum absolute atomic E-state index is 0.0929. The number of hydrogen-bond acceptors (Lipinski definition) is 3. The van der Waals surface area contributed by atoms with Crippen LogP contribution < -0.4 is 4.90 Å². The summed E-state index contributed by atoms with van der Waals surface area (Å²) >= 11 is 3.39. The molecule has 1 amide bonds. The predicted octanol–water partition coefficient (Wildman–Crippen LogP) is 4.61. The molecule has 25 heavy (non-hydrogen) atoms. The molecule has 0 spiro atoms. The molecular formula is C20H28BrNO3. The highest BCUT2D eigenvalue weighted by molar-refractivity contribution is 9.09. The van der Waals surface area contributed by atoms with Crippen LogP contribution in [0, 0.1) is 18.8 Å². The number of carbonyl (C=O) groups is 2. The fraction of sp³-hybridized carbons (Fsp3) is 0.600. The Morgan fingerprint density at radius 1 is 1.44 bits per heavy atom. The third kappa shape index (κ3) is 5.56. The van der Waals surface area contributed by atoms with Crippen LogP contribution in [0.1, 0.15) is 50.7 Å². The van der Waals surface area contributed by atoms with E-state index >= 15 is 0 Å². The minimum atomic E-state index is -0.157. The second-order valence-electron chi connectivity index (χ2n) is 7.10. The minimum Gasteiger partial charge on any atom is -0.461 e. The van der Waals surface area contributed by atoms with Crippen LogP contribution in [0.5, 0.6) is 0 Å². The molecule has 1 heterocycles. The van der Waals surface area contributed by atoms with E-state index in [0.29, 0.717) is 12.3 Å². The molecule has 1 aromatic carbocycles. The van der Waals surface area contributed by atoms with Gasteiger partial charge in [0.05, 0.1) is 0 Å². The molecule has 1 aromatic rings. The van der Waals surface area contributed by atoms with E-state index in [1.54, 1.807) is 0 Å². The smallest absolute Gasteiger partial charge is 0.306 e. The van der Waals surface area contributed by atoms with Gasteiger partial charge in [0.15, 0.2) is 0 Å². The first-order valence-electron chi connectivity index (χ1n) is 9.05. The van der Waals surface area contributed by atoms with E-state index in [4.69, 9.17) is 4.74 Å². The van der Waals surface area contributed by atoms with Gasteiger partial charge in [-0.15, -0.1) is 0 Å². The Morgan fingerprint density at radius 3 is 2.88 bits per heavy atom. The first-order valence-corrected chi connectivity index (χ1v) is 10.2. The molecule has 2 unspecified atom stereocenters. The summed E-state index contributed by atoms with van der Waals surface area (Å²) in [6, 6.07) is 5.93. The maximum atomic E-state index is 12.4. The first-order chi connectivity index (χ1) is 11.9. The Labute approximate surface area is 159 Å². The van der Waals surface area contributed by atoms with E-state index in [1.807, 2.05) is 36.9 Å². The Bertz CT molecular complexity index is 617. The summed E-state index contributed by atoms with van der Waals surface area (Å²) in [5.41, 5.74) is 2.97. The fourth-order valence-corrected chi connectivity index (χ4v) is 3.98. The number of hydrogen-bond donors (Lipinski definition) is 0. The molecule has 1 saturated heterocycles. The molecule has 0 radical (unpaired) electrons. The Hall–Kier alpha value is -1.36. The van der Waals surface area contributed by atoms with Gasteiger partial charge < -0.3 is 9.64 Å². The number of benzene rings is 1. The van der Waals surface area contributed by atoms with E-state index in [-0.39, 0.29) is 24.4 Å². The lowest BCUT2D eigenvalue weighted by molar-refractivity contribution is -0.146. The first kappa shape index (κ1) is 20.0. The molecule has 0 saturated carbocycles. The van der Waals surface area contributed by atoms with Crippen LogP contribution in [0.3, 0.4) is 0 Å². The van der Waals surface area contributed by atoms with Crippen molar-refractivity contribution in [1.29, 1.82) is 0 Å². The largest absolute Gasteiger partial charge is 0.461 e. The van der Waals surface area contributed by atoms with Crippen molar-refractivity contribution in [2.24, 2.45) is 11.8 Å². The van der Waals surface area contributed by atoms with Crippen molar-refractivity contribution in [2.75, 3.05) is 16.8 Å². The SMILES string of the molecule is Cc1cc(COC(=O)CC(C)CCBr)ccc1N1CCCC(C)C1=O. The summed E-state index contributed by atoms with van der Waals surface area (Å²) in [5.74, 6) is 0.461. The lowest BCUT2D eigenvalue weighted by Crippen LogP contribution is -2.40. The van der Waals surface area contributed by atoms with Gasteiger partial charge in [-0.3, -0.25) is 9.59 Å². The van der Waals surface area contributed by atoms with Gasteiger partial charge in [-0.25, -0.2) is 0 Å². The zero-order chi connectivity index (χ0) is 18.4. The van der Waals surface area contributed by atoms with Crippen LogP contribution in [-0.2, 0) is 20.9 Å². The molecular weight excluding hydrogens is 382 g/mol. The normalized spacial score (nSPS) is 19.0. The van der Waals surface area contributed by atoms with E-state index in [2.05, 4.69) is 22.9 Å². The van der Waals surface area contributed by atoms with Crippen molar-refractivity contribution in [2.45, 2.75) is 53.1 Å². The third-order valence-corrected chi connectivity index (χ3v) is 5.23. The molecule has 1 aliphatic rings. The lowest BCUT2D eigenvalue weighted by Gasteiger charge is -2.31. The van der Waals surface area contributed by atoms with Gasteiger partial charge in [0, 0.05) is 29.9 Å². The number of piperidine rings is 1. The second-order valence-corrected chi connectivity index (χ2v) is 7.89. The van der Waals surface area contributed by atoms with Crippen molar-refractivity contribution in [3.05, 3.63) is 29.3 Å². The Morgan fingerprint density at radius 2 is 2.20 bits per heavy atom. The van der Waals surface area contributed by atoms with Crippen LogP contribution in [-0.4, -0.2) is 23.8 Å². The molecule has 2 rings (SSSR count). The van der Waals surface area contributed by atoms with Gasteiger partial charge in [0.25, 0.3) is 0 Å². The van der Waals surface area contributed by atoms with Gasteiger partial charge in [-0.1, -0.05) is 41.9 Å². The van der Waals surface area contributed by atoms with E-state index < -0.39 is 0 Å². The average molecular weight is 410 g/mol. The fourth-order valence-electron chi connectivity index (χ4n) is 3.20. The lowest BCUT2D eigenvalue weighted by atomic mass is 9.97. The zero-order valence-electron chi connectivity index (χ0n) is 15.4.